The van der Waals surface area contributed by atoms with Gasteiger partial charge in [0.2, 0.25) is 11.8 Å². The van der Waals surface area contributed by atoms with Crippen molar-refractivity contribution in [2.45, 2.75) is 219 Å². The number of anilines is 1. The van der Waals surface area contributed by atoms with E-state index in [1.165, 1.54) is 45.6 Å². The molecule has 0 spiro atoms. The first-order chi connectivity index (χ1) is 54.8. The monoisotopic (exact) mass is 1740 g/mol. The predicted octanol–water partition coefficient (Wildman–Crippen LogP) is 30.3. The number of para-hydroxylation sites is 4. The number of nitrogen functional groups attached to an aromatic ring is 1. The van der Waals surface area contributed by atoms with Gasteiger partial charge in [0.25, 0.3) is 0 Å². The average molecular weight is 1740 g/mol. The molecule has 0 radical (unpaired) electrons. The van der Waals surface area contributed by atoms with Gasteiger partial charge in [-0.1, -0.05) is 251 Å². The van der Waals surface area contributed by atoms with Gasteiger partial charge in [-0.05, 0) is 253 Å². The summed E-state index contributed by atoms with van der Waals surface area (Å²) in [4.78, 5) is 19.0. The molecule has 5 heterocycles. The smallest absolute Gasteiger partial charge is 0.218 e. The molecule has 5 aliphatic rings. The molecule has 5 aromatic heterocycles. The van der Waals surface area contributed by atoms with E-state index in [4.69, 9.17) is 65.6 Å². The molecule has 0 bridgehead atoms. The van der Waals surface area contributed by atoms with Crippen molar-refractivity contribution in [3.8, 4) is 6.07 Å². The zero-order chi connectivity index (χ0) is 86.3. The lowest BCUT2D eigenvalue weighted by Gasteiger charge is -2.41. The van der Waals surface area contributed by atoms with E-state index >= 15 is 0 Å². The molecule has 0 saturated heterocycles. The van der Waals surface area contributed by atoms with E-state index in [1.807, 2.05) is 41.0 Å². The van der Waals surface area contributed by atoms with E-state index in [1.54, 1.807) is 6.07 Å². The number of H-pyrrole nitrogens is 3. The number of hydrogen-bond acceptors (Lipinski definition) is 7. The van der Waals surface area contributed by atoms with Crippen LogP contribution in [0.25, 0.3) is 83.7 Å². The van der Waals surface area contributed by atoms with Crippen LogP contribution in [0.5, 0.6) is 0 Å². The van der Waals surface area contributed by atoms with E-state index in [9.17, 15) is 9.65 Å². The number of imidazole rings is 5. The summed E-state index contributed by atoms with van der Waals surface area (Å²) in [5, 5.41) is 10.4. The number of halogens is 4. The van der Waals surface area contributed by atoms with Crippen LogP contribution in [-0.4, -0.2) is 47.8 Å². The maximum absolute atomic E-state index is 14.1. The number of nitrogens with two attached hydrogens (primary N) is 1. The second-order valence-corrected chi connectivity index (χ2v) is 41.4. The number of rotatable bonds is 15. The maximum atomic E-state index is 14.1. The van der Waals surface area contributed by atoms with Crippen LogP contribution in [0.4, 0.5) is 10.3 Å². The molecular weight excluding hydrogens is 1610 g/mol. The van der Waals surface area contributed by atoms with Crippen LogP contribution in [0, 0.1) is 161 Å². The third kappa shape index (κ3) is 15.9. The topological polar surface area (TPSA) is 148 Å². The number of aromatic nitrogens is 10. The van der Waals surface area contributed by atoms with E-state index in [0.29, 0.717) is 105 Å². The fourth-order valence-corrected chi connectivity index (χ4v) is 23.7. The van der Waals surface area contributed by atoms with Gasteiger partial charge in [0.1, 0.15) is 11.9 Å². The van der Waals surface area contributed by atoms with E-state index in [-0.39, 0.29) is 32.1 Å². The van der Waals surface area contributed by atoms with Crippen LogP contribution in [0.3, 0.4) is 0 Å². The summed E-state index contributed by atoms with van der Waals surface area (Å²) in [5.41, 5.74) is 25.3. The zero-order valence-electron chi connectivity index (χ0n) is 74.6. The van der Waals surface area contributed by atoms with Crippen molar-refractivity contribution in [3.63, 3.8) is 0 Å². The van der Waals surface area contributed by atoms with E-state index in [2.05, 4.69) is 319 Å². The van der Waals surface area contributed by atoms with Crippen molar-refractivity contribution in [1.82, 2.24) is 47.8 Å². The Morgan fingerprint density at radius 1 is 0.436 bits per heavy atom. The summed E-state index contributed by atoms with van der Waals surface area (Å²) < 4.78 is 28.1. The summed E-state index contributed by atoms with van der Waals surface area (Å²) in [7, 11) is 0. The Hall–Kier alpha value is -6.91. The van der Waals surface area contributed by atoms with E-state index in [0.717, 1.165) is 106 Å². The Morgan fingerprint density at radius 3 is 1.15 bits per heavy atom. The lowest BCUT2D eigenvalue weighted by Crippen LogP contribution is -2.35. The number of nitrogens with zero attached hydrogens (tertiary/aromatic N) is 8. The number of hydrogen-bond donors (Lipinski definition) is 4. The highest BCUT2D eigenvalue weighted by atomic mass is 79.9. The van der Waals surface area contributed by atoms with Gasteiger partial charge >= 0.3 is 0 Å². The Balaban J connectivity index is 0.000000144. The van der Waals surface area contributed by atoms with Crippen molar-refractivity contribution in [3.05, 3.63) is 167 Å². The average Bonchev–Trinajstić information content (AvgIpc) is 1.59. The molecule has 628 valence electrons. The van der Waals surface area contributed by atoms with Crippen LogP contribution >= 0.6 is 75.8 Å². The van der Waals surface area contributed by atoms with Crippen molar-refractivity contribution >= 4 is 165 Å². The molecule has 5 N–H and O–H groups in total. The second kappa shape index (κ2) is 34.9. The van der Waals surface area contributed by atoms with Gasteiger partial charge in [0.15, 0.2) is 14.3 Å². The fraction of sp³-hybridized carbons (Fsp3) is 0.531. The number of aromatic amines is 3. The Kier molecular flexibility index (Phi) is 27.1. The van der Waals surface area contributed by atoms with Gasteiger partial charge in [0, 0.05) is 66.1 Å². The molecule has 5 aliphatic carbocycles. The minimum absolute atomic E-state index is 0.0162. The minimum Gasteiger partial charge on any atom is -0.369 e. The standard InChI is InChI=1S/C20H27BrN2S.C20H27ClN2S.C20H25N3.C19H24ClFN2S.C19H27N3/c2*1-11(2)14-7-8-17(20(14,6)12(3)4)23-16-10-13(5)9-15(21)18(16)22-19(23)24;1-13(2)15-10-11-18(20(15,5)14(3)4)23-17-9-7-6-8-16(17)22-19(23)12-21;1-10(2)12-6-7-17(19(12,5)11(3)4)23-16-9-14(21)13(20)8-15(16)22-18(23)24;1-12(2)14-10-11-17(19(14,5)13(3)4)22-16-9-7-6-8-15(16)21-18(22)20/h2*8-12,14H,7H2,1-6H3,(H,22,24);6-9,11,13-15H,10H2,1-5H3;7-12H,6H2,1-5H3,(H,22,24);6-9,11-14H,10H2,1-5H3,(H2,20,21)/t2*14?,20-;15?,20-;12?,19-;14?,19-/m00000/s1. The van der Waals surface area contributed by atoms with Crippen LogP contribution in [-0.2, 0) is 0 Å². The highest BCUT2D eigenvalue weighted by Crippen LogP contribution is 2.60. The highest BCUT2D eigenvalue weighted by Gasteiger charge is 2.52. The largest absolute Gasteiger partial charge is 0.369 e. The normalized spacial score (nSPS) is 24.6. The summed E-state index contributed by atoms with van der Waals surface area (Å²) in [6, 6.07) is 30.2. The number of allylic oxidation sites excluding steroid dienone is 10. The lowest BCUT2D eigenvalue weighted by molar-refractivity contribution is 0.153. The fourth-order valence-electron chi connectivity index (χ4n) is 21.6. The predicted molar refractivity (Wildman–Crippen MR) is 508 cm³/mol. The van der Waals surface area contributed by atoms with Gasteiger partial charge in [-0.25, -0.2) is 14.4 Å². The van der Waals surface area contributed by atoms with Crippen molar-refractivity contribution in [2.75, 3.05) is 5.73 Å². The lowest BCUT2D eigenvalue weighted by atomic mass is 9.66. The third-order valence-electron chi connectivity index (χ3n) is 29.4. The number of fused-ring (bicyclic) bond motifs is 5. The first kappa shape index (κ1) is 90.8. The van der Waals surface area contributed by atoms with Crippen LogP contribution in [0.1, 0.15) is 222 Å². The van der Waals surface area contributed by atoms with Crippen molar-refractivity contribution < 1.29 is 4.39 Å². The molecule has 12 nitrogen and oxygen atoms in total. The Labute approximate surface area is 730 Å². The van der Waals surface area contributed by atoms with Crippen LogP contribution < -0.4 is 5.73 Å². The highest BCUT2D eigenvalue weighted by molar-refractivity contribution is 9.10. The zero-order valence-corrected chi connectivity index (χ0v) is 80.1. The molecule has 117 heavy (non-hydrogen) atoms. The minimum atomic E-state index is -0.419. The number of benzene rings is 5. The van der Waals surface area contributed by atoms with Gasteiger partial charge in [-0.3, -0.25) is 22.8 Å². The summed E-state index contributed by atoms with van der Waals surface area (Å²) in [6.07, 6.45) is 17.3. The van der Waals surface area contributed by atoms with Gasteiger partial charge in [-0.15, -0.1) is 0 Å². The molecule has 0 amide bonds. The quantitative estimate of drug-likeness (QED) is 0.0747. The van der Waals surface area contributed by atoms with Crippen molar-refractivity contribution in [2.24, 2.45) is 116 Å². The first-order valence-electron chi connectivity index (χ1n) is 42.9. The van der Waals surface area contributed by atoms with Crippen LogP contribution in [0.15, 0.2) is 120 Å². The first-order valence-corrected chi connectivity index (χ1v) is 45.6. The Morgan fingerprint density at radius 2 is 0.761 bits per heavy atom. The second-order valence-electron chi connectivity index (χ2n) is 38.6. The number of nitrogens with one attached hydrogen (secondary N) is 3. The molecule has 10 atom stereocenters. The molecule has 5 unspecified atom stereocenters. The van der Waals surface area contributed by atoms with Crippen LogP contribution in [0.2, 0.25) is 10.0 Å². The van der Waals surface area contributed by atoms with Gasteiger partial charge < -0.3 is 20.7 Å². The van der Waals surface area contributed by atoms with Gasteiger partial charge in [0.05, 0.1) is 65.2 Å². The van der Waals surface area contributed by atoms with Crippen molar-refractivity contribution in [1.29, 1.82) is 5.26 Å². The van der Waals surface area contributed by atoms with Gasteiger partial charge in [-0.2, -0.15) is 5.26 Å². The maximum Gasteiger partial charge on any atom is 0.218 e. The number of aryl methyl sites for hydroxylation is 2. The molecule has 10 aromatic rings. The molecule has 0 fully saturated rings. The molecule has 5 aromatic carbocycles. The molecule has 0 aliphatic heterocycles. The molecular formula is C98H130BrCl2FN12S3. The third-order valence-corrected chi connectivity index (χ3v) is 31.5. The summed E-state index contributed by atoms with van der Waals surface area (Å²) in [5.74, 6) is 9.41. The summed E-state index contributed by atoms with van der Waals surface area (Å²) >= 11 is 33.1. The SMILES string of the molecule is CC(C)C1CC=C(n2c(=S)[nH]c3cc(Cl)c(F)cc32)[C@@]1(C)C(C)C.CC(C)C1CC=C(n2c(C#N)nc3ccccc32)[C@@]1(C)C(C)C.CC(C)C1CC=C(n2c(N)nc3ccccc32)[C@@]1(C)C(C)C.Cc1cc(Br)c2[nH]c(=S)n(C3=CCC(C(C)C)[C@]3(C)C(C)C)c2c1.Cc1cc(Cl)c2[nH]c(=S)n(C3=CCC(C(C)C)[C@]3(C)C(C)C)c2c1. The Bertz CT molecular complexity index is 5640. The summed E-state index contributed by atoms with van der Waals surface area (Å²) in [6.45, 7) is 62.3. The van der Waals surface area contributed by atoms with E-state index < -0.39 is 5.82 Å². The molecule has 15 rings (SSSR count). The number of nitriles is 1. The molecule has 19 heteroatoms. The molecule has 0 saturated carbocycles.